The molecule has 0 aliphatic rings. The number of carbonyl (C=O) groups excluding carboxylic acids is 1. The summed E-state index contributed by atoms with van der Waals surface area (Å²) < 4.78 is 11.7. The van der Waals surface area contributed by atoms with E-state index in [0.29, 0.717) is 17.3 Å². The predicted octanol–water partition coefficient (Wildman–Crippen LogP) is 4.50. The molecule has 9 heteroatoms. The van der Waals surface area contributed by atoms with Crippen LogP contribution in [0.25, 0.3) is 11.3 Å². The lowest BCUT2D eigenvalue weighted by molar-refractivity contribution is -0.115. The third-order valence-electron chi connectivity index (χ3n) is 3.80. The fourth-order valence-corrected chi connectivity index (χ4v) is 4.81. The highest BCUT2D eigenvalue weighted by molar-refractivity contribution is 8.00. The highest BCUT2D eigenvalue weighted by Gasteiger charge is 2.15. The van der Waals surface area contributed by atoms with Gasteiger partial charge >= 0.3 is 0 Å². The first-order valence-electron chi connectivity index (χ1n) is 8.02. The fourth-order valence-electron chi connectivity index (χ4n) is 2.43. The van der Waals surface area contributed by atoms with Gasteiger partial charge < -0.3 is 14.8 Å². The van der Waals surface area contributed by atoms with Crippen molar-refractivity contribution in [1.82, 2.24) is 9.97 Å². The fraction of sp³-hybridized carbons (Fsp3) is 0.278. The Balaban J connectivity index is 1.74. The van der Waals surface area contributed by atoms with Crippen molar-refractivity contribution in [2.24, 2.45) is 0 Å². The van der Waals surface area contributed by atoms with Crippen molar-refractivity contribution in [3.63, 3.8) is 0 Å². The summed E-state index contributed by atoms with van der Waals surface area (Å²) in [5, 5.41) is 5.30. The number of benzene rings is 1. The van der Waals surface area contributed by atoms with E-state index in [0.717, 1.165) is 31.9 Å². The van der Waals surface area contributed by atoms with Crippen LogP contribution in [0.1, 0.15) is 10.6 Å². The number of nitrogens with one attached hydrogen (secondary N) is 1. The summed E-state index contributed by atoms with van der Waals surface area (Å²) in [5.41, 5.74) is 2.45. The second-order valence-electron chi connectivity index (χ2n) is 5.52. The molecule has 0 aliphatic heterocycles. The Morgan fingerprint density at radius 1 is 1.26 bits per heavy atom. The van der Waals surface area contributed by atoms with E-state index in [-0.39, 0.29) is 5.91 Å². The van der Waals surface area contributed by atoms with Crippen LogP contribution in [0, 0.1) is 6.92 Å². The lowest BCUT2D eigenvalue weighted by Gasteiger charge is -2.08. The van der Waals surface area contributed by atoms with Crippen molar-refractivity contribution in [1.29, 1.82) is 0 Å². The molecule has 27 heavy (non-hydrogen) atoms. The van der Waals surface area contributed by atoms with Gasteiger partial charge in [0, 0.05) is 15.8 Å². The zero-order chi connectivity index (χ0) is 19.4. The summed E-state index contributed by atoms with van der Waals surface area (Å²) in [6.07, 6.45) is 2.27. The number of hydrogen-bond acceptors (Lipinski definition) is 8. The third-order valence-corrected chi connectivity index (χ3v) is 6.70. The van der Waals surface area contributed by atoms with Gasteiger partial charge in [-0.05, 0) is 31.4 Å². The number of aryl methyl sites for hydroxylation is 1. The smallest absolute Gasteiger partial charge is 0.231 e. The van der Waals surface area contributed by atoms with E-state index in [1.54, 1.807) is 37.3 Å². The van der Waals surface area contributed by atoms with Gasteiger partial charge in [0.15, 0.2) is 5.13 Å². The number of methoxy groups -OCH3 is 2. The van der Waals surface area contributed by atoms with Crippen LogP contribution in [-0.2, 0) is 11.2 Å². The SMILES string of the molecule is COc1ccc(OC)c(-c2csc(NC(=O)Cc3sc(SC)nc3C)n2)c1. The Hall–Kier alpha value is -2.10. The molecule has 1 amide bonds. The molecule has 0 radical (unpaired) electrons. The second kappa shape index (κ2) is 8.73. The molecule has 0 atom stereocenters. The van der Waals surface area contributed by atoms with Crippen molar-refractivity contribution >= 4 is 45.5 Å². The summed E-state index contributed by atoms with van der Waals surface area (Å²) in [5.74, 6) is 1.31. The molecular formula is C18H19N3O3S3. The number of ether oxygens (including phenoxy) is 2. The van der Waals surface area contributed by atoms with Gasteiger partial charge in [-0.3, -0.25) is 4.79 Å². The predicted molar refractivity (Wildman–Crippen MR) is 112 cm³/mol. The molecule has 6 nitrogen and oxygen atoms in total. The van der Waals surface area contributed by atoms with E-state index in [1.807, 2.05) is 36.8 Å². The summed E-state index contributed by atoms with van der Waals surface area (Å²) in [6, 6.07) is 5.53. The largest absolute Gasteiger partial charge is 0.497 e. The first kappa shape index (κ1) is 19.7. The van der Waals surface area contributed by atoms with Gasteiger partial charge in [0.1, 0.15) is 15.8 Å². The lowest BCUT2D eigenvalue weighted by Crippen LogP contribution is -2.14. The van der Waals surface area contributed by atoms with Gasteiger partial charge in [-0.25, -0.2) is 9.97 Å². The molecule has 0 saturated carbocycles. The first-order chi connectivity index (χ1) is 13.0. The molecule has 2 heterocycles. The van der Waals surface area contributed by atoms with Crippen molar-refractivity contribution in [2.45, 2.75) is 17.7 Å². The Labute approximate surface area is 170 Å². The zero-order valence-electron chi connectivity index (χ0n) is 15.4. The van der Waals surface area contributed by atoms with Crippen molar-refractivity contribution in [3.05, 3.63) is 34.2 Å². The van der Waals surface area contributed by atoms with E-state index >= 15 is 0 Å². The summed E-state index contributed by atoms with van der Waals surface area (Å²) in [7, 11) is 3.22. The molecule has 0 aliphatic carbocycles. The van der Waals surface area contributed by atoms with Crippen LogP contribution in [0.3, 0.4) is 0 Å². The van der Waals surface area contributed by atoms with Crippen molar-refractivity contribution in [3.8, 4) is 22.8 Å². The average Bonchev–Trinajstić information content (AvgIpc) is 3.27. The number of thioether (sulfide) groups is 1. The van der Waals surface area contributed by atoms with Gasteiger partial charge in [-0.2, -0.15) is 0 Å². The van der Waals surface area contributed by atoms with Gasteiger partial charge in [-0.15, -0.1) is 22.7 Å². The standard InChI is InChI=1S/C18H19N3O3S3/c1-10-15(27-18(19-10)25-4)8-16(22)21-17-20-13(9-26-17)12-7-11(23-2)5-6-14(12)24-3/h5-7,9H,8H2,1-4H3,(H,20,21,22). The maximum absolute atomic E-state index is 12.4. The minimum Gasteiger partial charge on any atom is -0.497 e. The first-order valence-corrected chi connectivity index (χ1v) is 10.9. The second-order valence-corrected chi connectivity index (χ2v) is 8.52. The number of nitrogens with zero attached hydrogens (tertiary/aromatic N) is 2. The maximum atomic E-state index is 12.4. The van der Waals surface area contributed by atoms with Crippen LogP contribution in [0.5, 0.6) is 11.5 Å². The summed E-state index contributed by atoms with van der Waals surface area (Å²) in [6.45, 7) is 1.93. The molecule has 0 saturated heterocycles. The Kier molecular flexibility index (Phi) is 6.35. The van der Waals surface area contributed by atoms with Crippen LogP contribution in [0.4, 0.5) is 5.13 Å². The molecule has 1 aromatic carbocycles. The molecule has 0 fully saturated rings. The monoisotopic (exact) mass is 421 g/mol. The number of thiazole rings is 2. The van der Waals surface area contributed by atoms with Gasteiger partial charge in [0.05, 0.1) is 32.0 Å². The van der Waals surface area contributed by atoms with E-state index in [1.165, 1.54) is 11.3 Å². The number of carbonyl (C=O) groups is 1. The van der Waals surface area contributed by atoms with Gasteiger partial charge in [-0.1, -0.05) is 11.8 Å². The number of anilines is 1. The minimum atomic E-state index is -0.104. The highest BCUT2D eigenvalue weighted by atomic mass is 32.2. The molecule has 1 N–H and O–H groups in total. The zero-order valence-corrected chi connectivity index (χ0v) is 17.8. The van der Waals surface area contributed by atoms with E-state index in [9.17, 15) is 4.79 Å². The normalized spacial score (nSPS) is 10.7. The van der Waals surface area contributed by atoms with E-state index < -0.39 is 0 Å². The van der Waals surface area contributed by atoms with Crippen molar-refractivity contribution in [2.75, 3.05) is 25.8 Å². The van der Waals surface area contributed by atoms with Crippen LogP contribution in [0.2, 0.25) is 0 Å². The highest BCUT2D eigenvalue weighted by Crippen LogP contribution is 2.35. The number of rotatable bonds is 7. The van der Waals surface area contributed by atoms with Crippen molar-refractivity contribution < 1.29 is 14.3 Å². The van der Waals surface area contributed by atoms with Gasteiger partial charge in [0.25, 0.3) is 0 Å². The van der Waals surface area contributed by atoms with Gasteiger partial charge in [0.2, 0.25) is 5.91 Å². The van der Waals surface area contributed by atoms with Crippen LogP contribution < -0.4 is 14.8 Å². The molecule has 0 unspecified atom stereocenters. The van der Waals surface area contributed by atoms with Crippen LogP contribution in [0.15, 0.2) is 27.9 Å². The van der Waals surface area contributed by atoms with E-state index in [2.05, 4.69) is 15.3 Å². The third kappa shape index (κ3) is 4.60. The Bertz CT molecular complexity index is 952. The van der Waals surface area contributed by atoms with Crippen LogP contribution >= 0.6 is 34.4 Å². The Morgan fingerprint density at radius 2 is 2.07 bits per heavy atom. The summed E-state index contributed by atoms with van der Waals surface area (Å²) in [4.78, 5) is 22.3. The molecule has 0 bridgehead atoms. The molecule has 2 aromatic heterocycles. The maximum Gasteiger partial charge on any atom is 0.231 e. The molecular weight excluding hydrogens is 402 g/mol. The average molecular weight is 422 g/mol. The number of aromatic nitrogens is 2. The molecule has 3 aromatic rings. The number of hydrogen-bond donors (Lipinski definition) is 1. The Morgan fingerprint density at radius 3 is 2.74 bits per heavy atom. The topological polar surface area (TPSA) is 73.3 Å². The van der Waals surface area contributed by atoms with Crippen LogP contribution in [-0.4, -0.2) is 36.4 Å². The van der Waals surface area contributed by atoms with E-state index in [4.69, 9.17) is 9.47 Å². The molecule has 142 valence electrons. The molecule has 3 rings (SSSR count). The summed E-state index contributed by atoms with van der Waals surface area (Å²) >= 11 is 4.51. The lowest BCUT2D eigenvalue weighted by atomic mass is 10.1. The molecule has 0 spiro atoms. The minimum absolute atomic E-state index is 0.104. The number of amides is 1. The quantitative estimate of drug-likeness (QED) is 0.567.